The van der Waals surface area contributed by atoms with Crippen LogP contribution in [-0.4, -0.2) is 15.1 Å². The highest BCUT2D eigenvalue weighted by Gasteiger charge is 2.12. The minimum absolute atomic E-state index is 0.273. The first-order chi connectivity index (χ1) is 9.65. The Bertz CT molecular complexity index is 773. The Kier molecular flexibility index (Phi) is 3.16. The molecular weight excluding hydrogens is 255 g/mol. The summed E-state index contributed by atoms with van der Waals surface area (Å²) in [4.78, 5) is 8.40. The third kappa shape index (κ3) is 2.26. The van der Waals surface area contributed by atoms with Crippen molar-refractivity contribution < 1.29 is 9.50 Å². The van der Waals surface area contributed by atoms with Crippen molar-refractivity contribution in [2.24, 2.45) is 0 Å². The van der Waals surface area contributed by atoms with Gasteiger partial charge in [0, 0.05) is 12.4 Å². The van der Waals surface area contributed by atoms with Crippen molar-refractivity contribution in [3.63, 3.8) is 0 Å². The molecule has 1 aromatic heterocycles. The topological polar surface area (TPSA) is 46.0 Å². The fraction of sp³-hybridized carbons (Fsp3) is 0.125. The van der Waals surface area contributed by atoms with E-state index in [0.29, 0.717) is 16.7 Å². The number of rotatable bonds is 2. The Labute approximate surface area is 115 Å². The van der Waals surface area contributed by atoms with Crippen LogP contribution < -0.4 is 0 Å². The molecule has 0 aliphatic heterocycles. The number of fused-ring (bicyclic) bond motifs is 1. The van der Waals surface area contributed by atoms with E-state index >= 15 is 0 Å². The molecule has 3 nitrogen and oxygen atoms in total. The number of aromatic nitrogens is 2. The van der Waals surface area contributed by atoms with Crippen LogP contribution in [0.5, 0.6) is 0 Å². The van der Waals surface area contributed by atoms with Gasteiger partial charge in [0.1, 0.15) is 11.9 Å². The summed E-state index contributed by atoms with van der Waals surface area (Å²) in [6, 6.07) is 10.0. The van der Waals surface area contributed by atoms with Crippen molar-refractivity contribution in [3.05, 3.63) is 71.3 Å². The Morgan fingerprint density at radius 3 is 2.35 bits per heavy atom. The molecule has 4 heteroatoms. The van der Waals surface area contributed by atoms with Crippen LogP contribution in [0.25, 0.3) is 11.0 Å². The molecule has 0 bridgehead atoms. The predicted octanol–water partition coefficient (Wildman–Crippen LogP) is 3.16. The Hall–Kier alpha value is -2.33. The molecule has 2 aromatic carbocycles. The minimum atomic E-state index is -0.805. The number of hydrogen-bond donors (Lipinski definition) is 1. The molecule has 0 spiro atoms. The van der Waals surface area contributed by atoms with E-state index in [0.717, 1.165) is 11.0 Å². The summed E-state index contributed by atoms with van der Waals surface area (Å²) in [6.45, 7) is 1.68. The fourth-order valence-electron chi connectivity index (χ4n) is 2.18. The van der Waals surface area contributed by atoms with Crippen molar-refractivity contribution in [2.75, 3.05) is 0 Å². The van der Waals surface area contributed by atoms with E-state index in [9.17, 15) is 9.50 Å². The molecule has 0 saturated heterocycles. The van der Waals surface area contributed by atoms with E-state index in [1.165, 1.54) is 6.07 Å². The molecule has 0 fully saturated rings. The van der Waals surface area contributed by atoms with E-state index in [4.69, 9.17) is 0 Å². The molecule has 3 aromatic rings. The van der Waals surface area contributed by atoms with Crippen molar-refractivity contribution in [1.82, 2.24) is 9.97 Å². The van der Waals surface area contributed by atoms with Gasteiger partial charge in [-0.2, -0.15) is 0 Å². The van der Waals surface area contributed by atoms with Gasteiger partial charge in [-0.3, -0.25) is 9.97 Å². The molecular formula is C16H13FN2O. The van der Waals surface area contributed by atoms with Gasteiger partial charge >= 0.3 is 0 Å². The lowest BCUT2D eigenvalue weighted by atomic mass is 9.99. The van der Waals surface area contributed by atoms with E-state index in [1.54, 1.807) is 43.6 Å². The van der Waals surface area contributed by atoms with Crippen LogP contribution in [0, 0.1) is 12.7 Å². The first kappa shape index (κ1) is 12.7. The number of aryl methyl sites for hydroxylation is 1. The van der Waals surface area contributed by atoms with Gasteiger partial charge in [0.25, 0.3) is 0 Å². The molecule has 3 rings (SSSR count). The first-order valence-electron chi connectivity index (χ1n) is 6.30. The molecule has 1 N–H and O–H groups in total. The Balaban J connectivity index is 2.02. The number of halogens is 1. The second-order valence-electron chi connectivity index (χ2n) is 4.72. The van der Waals surface area contributed by atoms with Crippen molar-refractivity contribution >= 4 is 11.0 Å². The quantitative estimate of drug-likeness (QED) is 0.776. The molecule has 0 aliphatic carbocycles. The highest BCUT2D eigenvalue weighted by molar-refractivity contribution is 5.74. The van der Waals surface area contributed by atoms with Crippen molar-refractivity contribution in [2.45, 2.75) is 13.0 Å². The van der Waals surface area contributed by atoms with Crippen molar-refractivity contribution in [1.29, 1.82) is 0 Å². The predicted molar refractivity (Wildman–Crippen MR) is 74.7 cm³/mol. The first-order valence-corrected chi connectivity index (χ1v) is 6.30. The zero-order valence-corrected chi connectivity index (χ0v) is 10.9. The van der Waals surface area contributed by atoms with Crippen LogP contribution >= 0.6 is 0 Å². The summed E-state index contributed by atoms with van der Waals surface area (Å²) < 4.78 is 13.3. The maximum atomic E-state index is 13.3. The largest absolute Gasteiger partial charge is 0.384 e. The van der Waals surface area contributed by atoms with Gasteiger partial charge in [-0.15, -0.1) is 0 Å². The molecule has 0 radical (unpaired) electrons. The molecule has 0 aliphatic rings. The van der Waals surface area contributed by atoms with Gasteiger partial charge in [0.2, 0.25) is 0 Å². The summed E-state index contributed by atoms with van der Waals surface area (Å²) in [6.07, 6.45) is 2.43. The maximum absolute atomic E-state index is 13.3. The number of benzene rings is 2. The average Bonchev–Trinajstić information content (AvgIpc) is 2.49. The number of nitrogens with zero attached hydrogens (tertiary/aromatic N) is 2. The van der Waals surface area contributed by atoms with Gasteiger partial charge in [0.15, 0.2) is 0 Å². The second kappa shape index (κ2) is 4.98. The van der Waals surface area contributed by atoms with Crippen LogP contribution in [0.2, 0.25) is 0 Å². The smallest absolute Gasteiger partial charge is 0.126 e. The molecule has 20 heavy (non-hydrogen) atoms. The van der Waals surface area contributed by atoms with Gasteiger partial charge in [-0.1, -0.05) is 18.2 Å². The molecule has 1 atom stereocenters. The lowest BCUT2D eigenvalue weighted by molar-refractivity contribution is 0.220. The normalized spacial score (nSPS) is 12.6. The zero-order chi connectivity index (χ0) is 14.1. The third-order valence-electron chi connectivity index (χ3n) is 3.31. The van der Waals surface area contributed by atoms with Gasteiger partial charge in [-0.25, -0.2) is 4.39 Å². The van der Waals surface area contributed by atoms with Crippen LogP contribution in [0.15, 0.2) is 48.8 Å². The third-order valence-corrected chi connectivity index (χ3v) is 3.31. The van der Waals surface area contributed by atoms with Crippen LogP contribution in [-0.2, 0) is 0 Å². The monoisotopic (exact) mass is 268 g/mol. The summed E-state index contributed by atoms with van der Waals surface area (Å²) in [5, 5.41) is 10.4. The SMILES string of the molecule is Cc1cc(C(O)c2ccc3nccnc3c2)ccc1F. The molecule has 1 unspecified atom stereocenters. The molecule has 100 valence electrons. The number of aliphatic hydroxyl groups is 1. The molecule has 1 heterocycles. The van der Waals surface area contributed by atoms with E-state index < -0.39 is 6.10 Å². The molecule has 0 saturated carbocycles. The summed E-state index contributed by atoms with van der Waals surface area (Å²) >= 11 is 0. The standard InChI is InChI=1S/C16H13FN2O/c1-10-8-11(2-4-13(10)17)16(20)12-3-5-14-15(9-12)19-7-6-18-14/h2-9,16,20H,1H3. The van der Waals surface area contributed by atoms with Gasteiger partial charge in [-0.05, 0) is 41.8 Å². The van der Waals surface area contributed by atoms with Crippen LogP contribution in [0.1, 0.15) is 22.8 Å². The second-order valence-corrected chi connectivity index (χ2v) is 4.72. The summed E-state index contributed by atoms with van der Waals surface area (Å²) in [7, 11) is 0. The Morgan fingerprint density at radius 2 is 1.60 bits per heavy atom. The van der Waals surface area contributed by atoms with E-state index in [2.05, 4.69) is 9.97 Å². The average molecular weight is 268 g/mol. The number of aliphatic hydroxyl groups excluding tert-OH is 1. The lowest BCUT2D eigenvalue weighted by Gasteiger charge is -2.13. The fourth-order valence-corrected chi connectivity index (χ4v) is 2.18. The zero-order valence-electron chi connectivity index (χ0n) is 10.9. The van der Waals surface area contributed by atoms with Crippen molar-refractivity contribution in [3.8, 4) is 0 Å². The van der Waals surface area contributed by atoms with E-state index in [-0.39, 0.29) is 5.82 Å². The minimum Gasteiger partial charge on any atom is -0.384 e. The highest BCUT2D eigenvalue weighted by atomic mass is 19.1. The van der Waals surface area contributed by atoms with Gasteiger partial charge < -0.3 is 5.11 Å². The Morgan fingerprint density at radius 1 is 0.950 bits per heavy atom. The lowest BCUT2D eigenvalue weighted by Crippen LogP contribution is -2.01. The summed E-state index contributed by atoms with van der Waals surface area (Å²) in [5.41, 5.74) is 3.39. The molecule has 0 amide bonds. The van der Waals surface area contributed by atoms with Crippen LogP contribution in [0.4, 0.5) is 4.39 Å². The van der Waals surface area contributed by atoms with Crippen LogP contribution in [0.3, 0.4) is 0 Å². The van der Waals surface area contributed by atoms with E-state index in [1.807, 2.05) is 6.07 Å². The maximum Gasteiger partial charge on any atom is 0.126 e. The summed E-state index contributed by atoms with van der Waals surface area (Å²) in [5.74, 6) is -0.273. The van der Waals surface area contributed by atoms with Gasteiger partial charge in [0.05, 0.1) is 11.0 Å². The highest BCUT2D eigenvalue weighted by Crippen LogP contribution is 2.25. The number of hydrogen-bond acceptors (Lipinski definition) is 3.